The lowest BCUT2D eigenvalue weighted by molar-refractivity contribution is -0.0493. The molecule has 1 fully saturated rings. The van der Waals surface area contributed by atoms with Crippen molar-refractivity contribution in [2.24, 2.45) is 5.41 Å². The third-order valence-electron chi connectivity index (χ3n) is 2.53. The molecule has 2 nitrogen and oxygen atoms in total. The first-order valence-corrected chi connectivity index (χ1v) is 4.69. The van der Waals surface area contributed by atoms with Crippen molar-refractivity contribution >= 4 is 23.2 Å². The van der Waals surface area contributed by atoms with Crippen molar-refractivity contribution in [3.63, 3.8) is 0 Å². The highest BCUT2D eigenvalue weighted by atomic mass is 35.5. The number of alkyl halides is 2. The van der Waals surface area contributed by atoms with Gasteiger partial charge in [0.25, 0.3) is 0 Å². The molecule has 0 aromatic carbocycles. The molecule has 0 bridgehead atoms. The number of hydrogen-bond acceptors (Lipinski definition) is 2. The number of halogens is 2. The summed E-state index contributed by atoms with van der Waals surface area (Å²) < 4.78 is 9.51. The van der Waals surface area contributed by atoms with Gasteiger partial charge in [-0.2, -0.15) is 0 Å². The lowest BCUT2D eigenvalue weighted by Crippen LogP contribution is -2.55. The maximum Gasteiger partial charge on any atom is 0.128 e. The molecule has 0 heterocycles. The van der Waals surface area contributed by atoms with Crippen molar-refractivity contribution in [2.45, 2.75) is 17.2 Å². The van der Waals surface area contributed by atoms with Crippen molar-refractivity contribution in [2.75, 3.05) is 27.4 Å². The van der Waals surface area contributed by atoms with Crippen molar-refractivity contribution in [1.29, 1.82) is 0 Å². The minimum atomic E-state index is -0.668. The third-order valence-corrected chi connectivity index (χ3v) is 3.71. The van der Waals surface area contributed by atoms with Crippen LogP contribution >= 0.6 is 23.2 Å². The predicted molar refractivity (Wildman–Crippen MR) is 49.9 cm³/mol. The fourth-order valence-corrected chi connectivity index (χ4v) is 2.21. The Bertz CT molecular complexity index is 153. The van der Waals surface area contributed by atoms with E-state index in [0.29, 0.717) is 13.2 Å². The summed E-state index contributed by atoms with van der Waals surface area (Å²) in [6.07, 6.45) is 1.80. The van der Waals surface area contributed by atoms with Crippen LogP contribution in [0.5, 0.6) is 0 Å². The maximum absolute atomic E-state index is 6.09. The summed E-state index contributed by atoms with van der Waals surface area (Å²) in [5.41, 5.74) is -0.195. The van der Waals surface area contributed by atoms with E-state index in [0.717, 1.165) is 12.8 Å². The standard InChI is InChI=1S/C8H14Cl2O2/c1-11-5-7(6-12-2)3-4-8(7,9)10/h3-6H2,1-2H3. The first-order valence-electron chi connectivity index (χ1n) is 3.94. The molecular formula is C8H14Cl2O2. The molecule has 1 aliphatic rings. The van der Waals surface area contributed by atoms with Crippen LogP contribution in [0.1, 0.15) is 12.8 Å². The number of methoxy groups -OCH3 is 2. The molecule has 0 aliphatic heterocycles. The van der Waals surface area contributed by atoms with Gasteiger partial charge in [0.05, 0.1) is 18.6 Å². The van der Waals surface area contributed by atoms with Gasteiger partial charge in [-0.25, -0.2) is 0 Å². The van der Waals surface area contributed by atoms with Gasteiger partial charge in [0.15, 0.2) is 0 Å². The van der Waals surface area contributed by atoms with Crippen molar-refractivity contribution in [3.8, 4) is 0 Å². The van der Waals surface area contributed by atoms with E-state index < -0.39 is 4.33 Å². The molecule has 0 aromatic heterocycles. The molecule has 1 saturated carbocycles. The van der Waals surface area contributed by atoms with Gasteiger partial charge in [-0.15, -0.1) is 23.2 Å². The SMILES string of the molecule is COCC1(COC)CCC1(Cl)Cl. The second kappa shape index (κ2) is 3.70. The molecule has 12 heavy (non-hydrogen) atoms. The van der Waals surface area contributed by atoms with Gasteiger partial charge < -0.3 is 9.47 Å². The van der Waals surface area contributed by atoms with Gasteiger partial charge in [-0.05, 0) is 12.8 Å². The summed E-state index contributed by atoms with van der Waals surface area (Å²) in [6.45, 7) is 1.13. The number of rotatable bonds is 4. The highest BCUT2D eigenvalue weighted by Gasteiger charge is 2.57. The maximum atomic E-state index is 6.09. The van der Waals surface area contributed by atoms with Gasteiger partial charge in [0, 0.05) is 14.2 Å². The lowest BCUT2D eigenvalue weighted by atomic mass is 9.69. The Morgan fingerprint density at radius 3 is 1.75 bits per heavy atom. The van der Waals surface area contributed by atoms with Gasteiger partial charge in [0.2, 0.25) is 0 Å². The molecule has 0 N–H and O–H groups in total. The third kappa shape index (κ3) is 1.58. The second-order valence-corrected chi connectivity index (χ2v) is 4.83. The Labute approximate surface area is 83.1 Å². The Hall–Kier alpha value is 0.500. The van der Waals surface area contributed by atoms with Crippen molar-refractivity contribution in [1.82, 2.24) is 0 Å². The Balaban J connectivity index is 2.60. The number of hydrogen-bond donors (Lipinski definition) is 0. The van der Waals surface area contributed by atoms with Gasteiger partial charge in [-0.1, -0.05) is 0 Å². The van der Waals surface area contributed by atoms with E-state index in [1.54, 1.807) is 14.2 Å². The Kier molecular flexibility index (Phi) is 3.27. The summed E-state index contributed by atoms with van der Waals surface area (Å²) in [4.78, 5) is 0. The summed E-state index contributed by atoms with van der Waals surface area (Å²) in [5, 5.41) is 0. The molecule has 4 heteroatoms. The molecule has 0 saturated heterocycles. The summed E-state index contributed by atoms with van der Waals surface area (Å²) in [5.74, 6) is 0. The zero-order chi connectivity index (χ0) is 9.24. The molecule has 0 unspecified atom stereocenters. The van der Waals surface area contributed by atoms with E-state index in [1.807, 2.05) is 0 Å². The quantitative estimate of drug-likeness (QED) is 0.666. The van der Waals surface area contributed by atoms with E-state index in [9.17, 15) is 0 Å². The fraction of sp³-hybridized carbons (Fsp3) is 1.00. The Morgan fingerprint density at radius 1 is 1.08 bits per heavy atom. The molecule has 0 radical (unpaired) electrons. The molecule has 0 aromatic rings. The average molecular weight is 213 g/mol. The summed E-state index contributed by atoms with van der Waals surface area (Å²) in [7, 11) is 3.30. The van der Waals surface area contributed by atoms with Crippen LogP contribution in [0.4, 0.5) is 0 Å². The van der Waals surface area contributed by atoms with E-state index in [4.69, 9.17) is 32.7 Å². The monoisotopic (exact) mass is 212 g/mol. The highest BCUT2D eigenvalue weighted by Crippen LogP contribution is 2.57. The smallest absolute Gasteiger partial charge is 0.128 e. The second-order valence-electron chi connectivity index (χ2n) is 3.35. The van der Waals surface area contributed by atoms with Crippen LogP contribution in [0, 0.1) is 5.41 Å². The molecule has 72 valence electrons. The molecular weight excluding hydrogens is 199 g/mol. The zero-order valence-corrected chi connectivity index (χ0v) is 8.91. The normalized spacial score (nSPS) is 25.0. The van der Waals surface area contributed by atoms with Crippen LogP contribution in [0.15, 0.2) is 0 Å². The Morgan fingerprint density at radius 2 is 1.58 bits per heavy atom. The van der Waals surface area contributed by atoms with E-state index >= 15 is 0 Å². The van der Waals surface area contributed by atoms with Gasteiger partial charge in [0.1, 0.15) is 4.33 Å². The minimum absolute atomic E-state index is 0.195. The van der Waals surface area contributed by atoms with Crippen molar-refractivity contribution in [3.05, 3.63) is 0 Å². The van der Waals surface area contributed by atoms with Gasteiger partial charge in [-0.3, -0.25) is 0 Å². The highest BCUT2D eigenvalue weighted by molar-refractivity contribution is 6.49. The summed E-state index contributed by atoms with van der Waals surface area (Å²) in [6, 6.07) is 0. The topological polar surface area (TPSA) is 18.5 Å². The molecule has 0 amide bonds. The predicted octanol–water partition coefficient (Wildman–Crippen LogP) is 2.23. The fourth-order valence-electron chi connectivity index (χ4n) is 1.62. The minimum Gasteiger partial charge on any atom is -0.384 e. The first kappa shape index (κ1) is 10.6. The zero-order valence-electron chi connectivity index (χ0n) is 7.40. The lowest BCUT2D eigenvalue weighted by Gasteiger charge is -2.51. The van der Waals surface area contributed by atoms with Crippen LogP contribution in [0.2, 0.25) is 0 Å². The number of ether oxygens (including phenoxy) is 2. The molecule has 0 spiro atoms. The van der Waals surface area contributed by atoms with E-state index in [-0.39, 0.29) is 5.41 Å². The van der Waals surface area contributed by atoms with Crippen LogP contribution < -0.4 is 0 Å². The summed E-state index contributed by atoms with van der Waals surface area (Å²) >= 11 is 12.2. The van der Waals surface area contributed by atoms with E-state index in [2.05, 4.69) is 0 Å². The van der Waals surface area contributed by atoms with Crippen LogP contribution in [-0.4, -0.2) is 31.8 Å². The average Bonchev–Trinajstić information content (AvgIpc) is 2.02. The van der Waals surface area contributed by atoms with Crippen LogP contribution in [-0.2, 0) is 9.47 Å². The largest absolute Gasteiger partial charge is 0.384 e. The van der Waals surface area contributed by atoms with Crippen molar-refractivity contribution < 1.29 is 9.47 Å². The molecule has 1 rings (SSSR count). The molecule has 0 atom stereocenters. The first-order chi connectivity index (χ1) is 5.58. The van der Waals surface area contributed by atoms with Crippen LogP contribution in [0.25, 0.3) is 0 Å². The molecule has 1 aliphatic carbocycles. The van der Waals surface area contributed by atoms with Gasteiger partial charge >= 0.3 is 0 Å². The van der Waals surface area contributed by atoms with Crippen LogP contribution in [0.3, 0.4) is 0 Å². The van der Waals surface area contributed by atoms with E-state index in [1.165, 1.54) is 0 Å².